The zero-order valence-electron chi connectivity index (χ0n) is 12.9. The van der Waals surface area contributed by atoms with E-state index < -0.39 is 0 Å². The van der Waals surface area contributed by atoms with Gasteiger partial charge < -0.3 is 19.7 Å². The summed E-state index contributed by atoms with van der Waals surface area (Å²) in [7, 11) is 0. The molecule has 0 atom stereocenters. The highest BCUT2D eigenvalue weighted by atomic mass is 16.5. The van der Waals surface area contributed by atoms with Crippen LogP contribution in [0.25, 0.3) is 0 Å². The van der Waals surface area contributed by atoms with Crippen molar-refractivity contribution in [2.45, 2.75) is 13.5 Å². The highest BCUT2D eigenvalue weighted by molar-refractivity contribution is 6.05. The van der Waals surface area contributed by atoms with Crippen LogP contribution >= 0.6 is 0 Å². The van der Waals surface area contributed by atoms with Gasteiger partial charge in [-0.1, -0.05) is 17.3 Å². The Bertz CT molecular complexity index is 843. The van der Waals surface area contributed by atoms with Crippen LogP contribution in [-0.4, -0.2) is 21.2 Å². The average molecular weight is 325 g/mol. The first-order valence-corrected chi connectivity index (χ1v) is 7.23. The molecule has 1 heterocycles. The van der Waals surface area contributed by atoms with Gasteiger partial charge in [-0.3, -0.25) is 4.79 Å². The molecule has 3 aromatic rings. The number of phenolic OH excluding ortho intramolecular Hbond substituents is 1. The summed E-state index contributed by atoms with van der Waals surface area (Å²) in [5, 5.41) is 16.1. The molecular weight excluding hydrogens is 310 g/mol. The summed E-state index contributed by atoms with van der Waals surface area (Å²) in [6.07, 6.45) is 0. The molecule has 1 amide bonds. The van der Waals surface area contributed by atoms with Crippen molar-refractivity contribution in [1.82, 2.24) is 10.1 Å². The molecule has 122 valence electrons. The molecule has 0 aliphatic rings. The first-order valence-electron chi connectivity index (χ1n) is 7.23. The normalized spacial score (nSPS) is 10.4. The van der Waals surface area contributed by atoms with Crippen LogP contribution in [0.3, 0.4) is 0 Å². The van der Waals surface area contributed by atoms with Crippen LogP contribution in [0.5, 0.6) is 11.5 Å². The minimum Gasteiger partial charge on any atom is -0.506 e. The number of hydrogen-bond donors (Lipinski definition) is 2. The van der Waals surface area contributed by atoms with Crippen LogP contribution < -0.4 is 10.1 Å². The van der Waals surface area contributed by atoms with Gasteiger partial charge in [0.25, 0.3) is 5.91 Å². The number of aromatic nitrogens is 2. The van der Waals surface area contributed by atoms with Gasteiger partial charge in [0.15, 0.2) is 6.61 Å². The van der Waals surface area contributed by atoms with E-state index in [9.17, 15) is 9.90 Å². The third kappa shape index (κ3) is 3.70. The predicted molar refractivity (Wildman–Crippen MR) is 85.9 cm³/mol. The van der Waals surface area contributed by atoms with Crippen molar-refractivity contribution < 1.29 is 19.2 Å². The van der Waals surface area contributed by atoms with Crippen molar-refractivity contribution >= 4 is 11.6 Å². The largest absolute Gasteiger partial charge is 0.506 e. The number of rotatable bonds is 5. The Morgan fingerprint density at radius 1 is 1.21 bits per heavy atom. The van der Waals surface area contributed by atoms with Gasteiger partial charge in [0.1, 0.15) is 11.5 Å². The highest BCUT2D eigenvalue weighted by Crippen LogP contribution is 2.22. The van der Waals surface area contributed by atoms with Crippen LogP contribution in [0, 0.1) is 6.92 Å². The lowest BCUT2D eigenvalue weighted by Crippen LogP contribution is -2.11. The van der Waals surface area contributed by atoms with Gasteiger partial charge in [-0.15, -0.1) is 0 Å². The summed E-state index contributed by atoms with van der Waals surface area (Å²) in [5.74, 6) is 1.20. The Morgan fingerprint density at radius 3 is 2.62 bits per heavy atom. The van der Waals surface area contributed by atoms with Crippen LogP contribution in [0.2, 0.25) is 0 Å². The van der Waals surface area contributed by atoms with E-state index in [0.29, 0.717) is 28.7 Å². The lowest BCUT2D eigenvalue weighted by Gasteiger charge is -2.08. The molecule has 24 heavy (non-hydrogen) atoms. The number of nitrogens with zero attached hydrogens (tertiary/aromatic N) is 2. The fourth-order valence-electron chi connectivity index (χ4n) is 2.02. The minimum atomic E-state index is -0.322. The first kappa shape index (κ1) is 15.5. The number of carbonyl (C=O) groups is 1. The molecule has 0 aliphatic heterocycles. The number of hydrogen-bond acceptors (Lipinski definition) is 6. The number of para-hydroxylation sites is 2. The number of anilines is 1. The van der Waals surface area contributed by atoms with E-state index in [-0.39, 0.29) is 18.3 Å². The summed E-state index contributed by atoms with van der Waals surface area (Å²) < 4.78 is 10.4. The maximum atomic E-state index is 12.2. The van der Waals surface area contributed by atoms with Crippen LogP contribution in [0.1, 0.15) is 22.1 Å². The number of carbonyl (C=O) groups excluding carboxylic acids is 1. The molecule has 0 saturated heterocycles. The predicted octanol–water partition coefficient (Wildman–Crippen LogP) is 2.91. The molecule has 0 spiro atoms. The van der Waals surface area contributed by atoms with Gasteiger partial charge in [-0.25, -0.2) is 0 Å². The zero-order chi connectivity index (χ0) is 16.9. The second-order valence-corrected chi connectivity index (χ2v) is 5.01. The third-order valence-electron chi connectivity index (χ3n) is 3.21. The SMILES string of the molecule is Cc1nc(COc2ccc(C(=O)Nc3ccccc3O)cc2)no1. The first-order chi connectivity index (χ1) is 11.6. The monoisotopic (exact) mass is 325 g/mol. The van der Waals surface area contributed by atoms with E-state index >= 15 is 0 Å². The van der Waals surface area contributed by atoms with E-state index in [1.807, 2.05) is 0 Å². The standard InChI is InChI=1S/C17H15N3O4/c1-11-18-16(20-24-11)10-23-13-8-6-12(7-9-13)17(22)19-14-4-2-3-5-15(14)21/h2-9,21H,10H2,1H3,(H,19,22). The fourth-order valence-corrected chi connectivity index (χ4v) is 2.02. The van der Waals surface area contributed by atoms with Gasteiger partial charge >= 0.3 is 0 Å². The average Bonchev–Trinajstić information content (AvgIpc) is 3.01. The zero-order valence-corrected chi connectivity index (χ0v) is 12.9. The molecule has 0 unspecified atom stereocenters. The lowest BCUT2D eigenvalue weighted by molar-refractivity contribution is 0.102. The van der Waals surface area contributed by atoms with Gasteiger partial charge in [-0.2, -0.15) is 4.98 Å². The summed E-state index contributed by atoms with van der Waals surface area (Å²) >= 11 is 0. The second-order valence-electron chi connectivity index (χ2n) is 5.01. The molecule has 3 rings (SSSR count). The molecule has 7 nitrogen and oxygen atoms in total. The number of aromatic hydroxyl groups is 1. The van der Waals surface area contributed by atoms with E-state index in [4.69, 9.17) is 9.26 Å². The number of benzene rings is 2. The molecule has 1 aromatic heterocycles. The van der Waals surface area contributed by atoms with Crippen molar-refractivity contribution in [1.29, 1.82) is 0 Å². The van der Waals surface area contributed by atoms with E-state index in [2.05, 4.69) is 15.5 Å². The number of phenols is 1. The van der Waals surface area contributed by atoms with Gasteiger partial charge in [0.2, 0.25) is 11.7 Å². The maximum absolute atomic E-state index is 12.2. The Kier molecular flexibility index (Phi) is 4.42. The van der Waals surface area contributed by atoms with Crippen LogP contribution in [0.4, 0.5) is 5.69 Å². The second kappa shape index (κ2) is 6.82. The van der Waals surface area contributed by atoms with E-state index in [1.165, 1.54) is 6.07 Å². The summed E-state index contributed by atoms with van der Waals surface area (Å²) in [4.78, 5) is 16.2. The summed E-state index contributed by atoms with van der Waals surface area (Å²) in [5.41, 5.74) is 0.802. The quantitative estimate of drug-likeness (QED) is 0.700. The molecule has 2 N–H and O–H groups in total. The number of ether oxygens (including phenoxy) is 1. The van der Waals surface area contributed by atoms with Crippen molar-refractivity contribution in [2.24, 2.45) is 0 Å². The van der Waals surface area contributed by atoms with Crippen LogP contribution in [-0.2, 0) is 6.61 Å². The highest BCUT2D eigenvalue weighted by Gasteiger charge is 2.09. The molecule has 0 saturated carbocycles. The van der Waals surface area contributed by atoms with Crippen molar-refractivity contribution in [3.05, 3.63) is 65.8 Å². The van der Waals surface area contributed by atoms with Gasteiger partial charge in [0, 0.05) is 12.5 Å². The topological polar surface area (TPSA) is 97.5 Å². The molecule has 7 heteroatoms. The van der Waals surface area contributed by atoms with Crippen molar-refractivity contribution in [3.8, 4) is 11.5 Å². The van der Waals surface area contributed by atoms with Crippen molar-refractivity contribution in [2.75, 3.05) is 5.32 Å². The number of nitrogens with one attached hydrogen (secondary N) is 1. The fraction of sp³-hybridized carbons (Fsp3) is 0.118. The Morgan fingerprint density at radius 2 is 1.96 bits per heavy atom. The Labute approximate surface area is 137 Å². The Balaban J connectivity index is 1.61. The molecule has 0 fully saturated rings. The van der Waals surface area contributed by atoms with Gasteiger partial charge in [-0.05, 0) is 36.4 Å². The van der Waals surface area contributed by atoms with Crippen molar-refractivity contribution in [3.63, 3.8) is 0 Å². The minimum absolute atomic E-state index is 0.0150. The summed E-state index contributed by atoms with van der Waals surface area (Å²) in [6, 6.07) is 13.1. The van der Waals surface area contributed by atoms with Gasteiger partial charge in [0.05, 0.1) is 5.69 Å². The lowest BCUT2D eigenvalue weighted by atomic mass is 10.2. The smallest absolute Gasteiger partial charge is 0.255 e. The number of amides is 1. The summed E-state index contributed by atoms with van der Waals surface area (Å²) in [6.45, 7) is 1.88. The van der Waals surface area contributed by atoms with Crippen LogP contribution in [0.15, 0.2) is 53.1 Å². The molecule has 0 radical (unpaired) electrons. The van der Waals surface area contributed by atoms with E-state index in [0.717, 1.165) is 0 Å². The molecule has 0 aliphatic carbocycles. The van der Waals surface area contributed by atoms with E-state index in [1.54, 1.807) is 49.4 Å². The number of aryl methyl sites for hydroxylation is 1. The Hall–Kier alpha value is -3.35. The molecule has 2 aromatic carbocycles. The third-order valence-corrected chi connectivity index (χ3v) is 3.21. The molecular formula is C17H15N3O4. The molecule has 0 bridgehead atoms. The maximum Gasteiger partial charge on any atom is 0.255 e.